The van der Waals surface area contributed by atoms with E-state index in [1.165, 1.54) is 5.57 Å². The minimum absolute atomic E-state index is 0. The third-order valence-corrected chi connectivity index (χ3v) is 3.78. The molecule has 0 bridgehead atoms. The molecule has 0 aliphatic carbocycles. The first-order chi connectivity index (χ1) is 9.16. The average Bonchev–Trinajstić information content (AvgIpc) is 2.42. The molecule has 1 aliphatic heterocycles. The van der Waals surface area contributed by atoms with Crippen molar-refractivity contribution in [2.24, 2.45) is 0 Å². The molecule has 0 fully saturated rings. The van der Waals surface area contributed by atoms with Crippen LogP contribution in [0.4, 0.5) is 0 Å². The summed E-state index contributed by atoms with van der Waals surface area (Å²) in [6.07, 6.45) is 3.31. The fraction of sp³-hybridized carbons (Fsp3) is 0.357. The minimum Gasteiger partial charge on any atom is -0.352 e. The third kappa shape index (κ3) is 4.98. The first-order valence-corrected chi connectivity index (χ1v) is 7.00. The zero-order valence-electron chi connectivity index (χ0n) is 10.9. The summed E-state index contributed by atoms with van der Waals surface area (Å²) < 4.78 is 0. The van der Waals surface area contributed by atoms with Gasteiger partial charge in [0, 0.05) is 23.1 Å². The molecule has 20 heavy (non-hydrogen) atoms. The van der Waals surface area contributed by atoms with E-state index < -0.39 is 0 Å². The number of rotatable bonds is 4. The maximum Gasteiger partial charge on any atom is 0.224 e. The molecule has 0 saturated heterocycles. The summed E-state index contributed by atoms with van der Waals surface area (Å²) in [4.78, 5) is 11.9. The molecule has 3 nitrogen and oxygen atoms in total. The highest BCUT2D eigenvalue weighted by molar-refractivity contribution is 6.36. The van der Waals surface area contributed by atoms with Gasteiger partial charge in [0.2, 0.25) is 5.91 Å². The molecule has 2 N–H and O–H groups in total. The highest BCUT2D eigenvalue weighted by Gasteiger charge is 2.11. The Hall–Kier alpha value is -0.740. The molecule has 1 aliphatic rings. The summed E-state index contributed by atoms with van der Waals surface area (Å²) in [6.45, 7) is 2.45. The number of benzene rings is 1. The molecule has 0 aromatic heterocycles. The summed E-state index contributed by atoms with van der Waals surface area (Å²) in [7, 11) is 0. The Kier molecular flexibility index (Phi) is 7.38. The molecule has 1 aromatic carbocycles. The summed E-state index contributed by atoms with van der Waals surface area (Å²) in [5.41, 5.74) is 1.94. The van der Waals surface area contributed by atoms with E-state index in [0.717, 1.165) is 19.5 Å². The van der Waals surface area contributed by atoms with Gasteiger partial charge in [-0.15, -0.1) is 12.4 Å². The largest absolute Gasteiger partial charge is 0.352 e. The van der Waals surface area contributed by atoms with Gasteiger partial charge in [-0.2, -0.15) is 0 Å². The molecule has 110 valence electrons. The number of carbonyl (C=O) groups excluding carboxylic acids is 1. The van der Waals surface area contributed by atoms with Gasteiger partial charge in [0.15, 0.2) is 0 Å². The van der Waals surface area contributed by atoms with Crippen molar-refractivity contribution in [3.63, 3.8) is 0 Å². The minimum atomic E-state index is -0.0607. The normalized spacial score (nSPS) is 14.2. The van der Waals surface area contributed by atoms with Gasteiger partial charge < -0.3 is 10.6 Å². The van der Waals surface area contributed by atoms with E-state index in [1.54, 1.807) is 18.2 Å². The average molecular weight is 336 g/mol. The molecule has 1 amide bonds. The van der Waals surface area contributed by atoms with E-state index >= 15 is 0 Å². The molecule has 6 heteroatoms. The quantitative estimate of drug-likeness (QED) is 0.831. The van der Waals surface area contributed by atoms with Crippen LogP contribution in [0, 0.1) is 0 Å². The second-order valence-corrected chi connectivity index (χ2v) is 5.28. The number of halogens is 3. The monoisotopic (exact) mass is 334 g/mol. The van der Waals surface area contributed by atoms with Crippen molar-refractivity contribution in [1.82, 2.24) is 10.6 Å². The van der Waals surface area contributed by atoms with E-state index in [2.05, 4.69) is 16.7 Å². The highest BCUT2D eigenvalue weighted by Crippen LogP contribution is 2.24. The lowest BCUT2D eigenvalue weighted by molar-refractivity contribution is -0.120. The smallest absolute Gasteiger partial charge is 0.224 e. The van der Waals surface area contributed by atoms with Gasteiger partial charge in [-0.3, -0.25) is 4.79 Å². The number of carbonyl (C=O) groups is 1. The number of amides is 1. The van der Waals surface area contributed by atoms with Gasteiger partial charge in [-0.1, -0.05) is 40.9 Å². The topological polar surface area (TPSA) is 41.1 Å². The molecule has 0 radical (unpaired) electrons. The lowest BCUT2D eigenvalue weighted by atomic mass is 10.1. The molecule has 2 rings (SSSR count). The predicted octanol–water partition coefficient (Wildman–Crippen LogP) is 2.99. The fourth-order valence-electron chi connectivity index (χ4n) is 1.97. The molecule has 1 aromatic rings. The van der Waals surface area contributed by atoms with E-state index in [4.69, 9.17) is 23.2 Å². The Bertz CT molecular complexity index is 483. The Morgan fingerprint density at radius 2 is 2.00 bits per heavy atom. The van der Waals surface area contributed by atoms with Crippen molar-refractivity contribution < 1.29 is 4.79 Å². The van der Waals surface area contributed by atoms with Crippen LogP contribution in [0.3, 0.4) is 0 Å². The van der Waals surface area contributed by atoms with Crippen LogP contribution in [-0.2, 0) is 11.2 Å². The van der Waals surface area contributed by atoms with Crippen molar-refractivity contribution in [3.8, 4) is 0 Å². The fourth-order valence-corrected chi connectivity index (χ4v) is 2.50. The molecular weight excluding hydrogens is 319 g/mol. The van der Waals surface area contributed by atoms with Gasteiger partial charge in [0.05, 0.1) is 6.42 Å². The second kappa shape index (κ2) is 8.53. The molecule has 0 saturated carbocycles. The molecule has 1 heterocycles. The highest BCUT2D eigenvalue weighted by atomic mass is 35.5. The van der Waals surface area contributed by atoms with Crippen LogP contribution in [0.5, 0.6) is 0 Å². The van der Waals surface area contributed by atoms with Crippen LogP contribution in [0.15, 0.2) is 29.8 Å². The van der Waals surface area contributed by atoms with Crippen molar-refractivity contribution in [1.29, 1.82) is 0 Å². The van der Waals surface area contributed by atoms with Crippen LogP contribution in [0.1, 0.15) is 12.0 Å². The van der Waals surface area contributed by atoms with E-state index in [1.807, 2.05) is 0 Å². The third-order valence-electron chi connectivity index (χ3n) is 3.07. The lowest BCUT2D eigenvalue weighted by Crippen LogP contribution is -2.30. The standard InChI is InChI=1S/C14H16Cl2N2O.ClH/c15-12-2-1-3-13(16)11(12)8-14(19)18-9-10-4-6-17-7-5-10;/h1-4,17H,5-9H2,(H,18,19);1H. The Morgan fingerprint density at radius 3 is 2.60 bits per heavy atom. The number of nitrogens with one attached hydrogen (secondary N) is 2. The van der Waals surface area contributed by atoms with Crippen LogP contribution >= 0.6 is 35.6 Å². The van der Waals surface area contributed by atoms with Crippen molar-refractivity contribution in [2.75, 3.05) is 19.6 Å². The van der Waals surface area contributed by atoms with E-state index in [-0.39, 0.29) is 24.7 Å². The predicted molar refractivity (Wildman–Crippen MR) is 86.0 cm³/mol. The van der Waals surface area contributed by atoms with Crippen LogP contribution in [-0.4, -0.2) is 25.5 Å². The van der Waals surface area contributed by atoms with Gasteiger partial charge in [0.1, 0.15) is 0 Å². The van der Waals surface area contributed by atoms with E-state index in [0.29, 0.717) is 22.2 Å². The lowest BCUT2D eigenvalue weighted by Gasteiger charge is -2.15. The van der Waals surface area contributed by atoms with Crippen molar-refractivity contribution >= 4 is 41.5 Å². The Balaban J connectivity index is 0.00000200. The molecular formula is C14H17Cl3N2O. The van der Waals surface area contributed by atoms with Crippen molar-refractivity contribution in [2.45, 2.75) is 12.8 Å². The zero-order chi connectivity index (χ0) is 13.7. The van der Waals surface area contributed by atoms with Gasteiger partial charge >= 0.3 is 0 Å². The SMILES string of the molecule is Cl.O=C(Cc1c(Cl)cccc1Cl)NCC1=CCNCC1. The first-order valence-electron chi connectivity index (χ1n) is 6.25. The van der Waals surface area contributed by atoms with Crippen LogP contribution in [0.25, 0.3) is 0 Å². The summed E-state index contributed by atoms with van der Waals surface area (Å²) in [5, 5.41) is 7.20. The van der Waals surface area contributed by atoms with Crippen LogP contribution < -0.4 is 10.6 Å². The first kappa shape index (κ1) is 17.3. The number of hydrogen-bond acceptors (Lipinski definition) is 2. The van der Waals surface area contributed by atoms with Crippen molar-refractivity contribution in [3.05, 3.63) is 45.5 Å². The molecule has 0 spiro atoms. The maximum atomic E-state index is 11.9. The van der Waals surface area contributed by atoms with Gasteiger partial charge in [0.25, 0.3) is 0 Å². The van der Waals surface area contributed by atoms with E-state index in [9.17, 15) is 4.79 Å². The summed E-state index contributed by atoms with van der Waals surface area (Å²) in [5.74, 6) is -0.0607. The zero-order valence-corrected chi connectivity index (χ0v) is 13.2. The number of hydrogen-bond donors (Lipinski definition) is 2. The summed E-state index contributed by atoms with van der Waals surface area (Å²) in [6, 6.07) is 5.25. The summed E-state index contributed by atoms with van der Waals surface area (Å²) >= 11 is 12.1. The second-order valence-electron chi connectivity index (χ2n) is 4.47. The maximum absolute atomic E-state index is 11.9. The molecule has 0 unspecified atom stereocenters. The molecule has 0 atom stereocenters. The van der Waals surface area contributed by atoms with Crippen LogP contribution in [0.2, 0.25) is 10.0 Å². The van der Waals surface area contributed by atoms with Gasteiger partial charge in [-0.25, -0.2) is 0 Å². The van der Waals surface area contributed by atoms with Gasteiger partial charge in [-0.05, 0) is 30.7 Å². The Morgan fingerprint density at radius 1 is 1.30 bits per heavy atom. The Labute approximate surface area is 135 Å².